The number of carbonyl (C=O) groups excluding carboxylic acids is 2. The predicted octanol–water partition coefficient (Wildman–Crippen LogP) is 6.17. The lowest BCUT2D eigenvalue weighted by Gasteiger charge is -2.35. The van der Waals surface area contributed by atoms with Gasteiger partial charge in [-0.05, 0) is 73.7 Å². The Kier molecular flexibility index (Phi) is 6.16. The van der Waals surface area contributed by atoms with Gasteiger partial charge in [0.2, 0.25) is 0 Å². The molecule has 7 heteroatoms. The smallest absolute Gasteiger partial charge is 0.323 e. The summed E-state index contributed by atoms with van der Waals surface area (Å²) < 4.78 is 6.01. The number of nitrogens with zero attached hydrogens (tertiary/aromatic N) is 1. The van der Waals surface area contributed by atoms with Crippen molar-refractivity contribution < 1.29 is 14.3 Å². The van der Waals surface area contributed by atoms with Crippen molar-refractivity contribution in [2.45, 2.75) is 44.9 Å². The molecule has 2 aliphatic rings. The molecular formula is C27H26ClN3O3. The Labute approximate surface area is 203 Å². The first-order valence-electron chi connectivity index (χ1n) is 11.5. The zero-order valence-electron chi connectivity index (χ0n) is 18.9. The van der Waals surface area contributed by atoms with Crippen molar-refractivity contribution in [2.75, 3.05) is 10.6 Å². The largest absolute Gasteiger partial charge is 0.481 e. The van der Waals surface area contributed by atoms with Crippen molar-refractivity contribution >= 4 is 34.9 Å². The molecule has 0 saturated carbocycles. The summed E-state index contributed by atoms with van der Waals surface area (Å²) >= 11 is 6.00. The molecule has 0 fully saturated rings. The van der Waals surface area contributed by atoms with Crippen LogP contribution < -0.4 is 15.4 Å². The van der Waals surface area contributed by atoms with Crippen LogP contribution in [0.2, 0.25) is 5.02 Å². The van der Waals surface area contributed by atoms with E-state index in [1.54, 1.807) is 37.3 Å². The van der Waals surface area contributed by atoms with Crippen LogP contribution in [-0.4, -0.2) is 22.9 Å². The first-order chi connectivity index (χ1) is 16.5. The summed E-state index contributed by atoms with van der Waals surface area (Å²) in [5, 5.41) is 6.18. The molecule has 3 aromatic rings. The standard InChI is InChI=1S/C27H26ClN3O3/c1-17-26(32)31(24-11-4-7-18-6-2-3-10-23(18)24)16-19-14-22(12-13-25(19)34-17)30-27(33)29-21-9-5-8-20(28)15-21/h2-3,5-6,8-10,12-15,17,24H,4,7,11,16H2,1H3,(H2,29,30,33)/t17-,24-/m0/s1. The van der Waals surface area contributed by atoms with Crippen LogP contribution in [0, 0.1) is 0 Å². The molecule has 1 aliphatic heterocycles. The lowest BCUT2D eigenvalue weighted by Crippen LogP contribution is -2.41. The van der Waals surface area contributed by atoms with Crippen LogP contribution in [-0.2, 0) is 17.8 Å². The van der Waals surface area contributed by atoms with Crippen molar-refractivity contribution in [1.29, 1.82) is 0 Å². The number of urea groups is 1. The highest BCUT2D eigenvalue weighted by atomic mass is 35.5. The number of hydrogen-bond donors (Lipinski definition) is 2. The van der Waals surface area contributed by atoms with E-state index in [1.807, 2.05) is 23.1 Å². The summed E-state index contributed by atoms with van der Waals surface area (Å²) in [6.45, 7) is 2.21. The van der Waals surface area contributed by atoms with Crippen LogP contribution in [0.25, 0.3) is 0 Å². The third-order valence-electron chi connectivity index (χ3n) is 6.39. The number of rotatable bonds is 3. The Hall–Kier alpha value is -3.51. The van der Waals surface area contributed by atoms with Gasteiger partial charge >= 0.3 is 6.03 Å². The highest BCUT2D eigenvalue weighted by molar-refractivity contribution is 6.30. The van der Waals surface area contributed by atoms with E-state index in [0.717, 1.165) is 24.8 Å². The third-order valence-corrected chi connectivity index (χ3v) is 6.63. The molecule has 6 nitrogen and oxygen atoms in total. The molecule has 2 atom stereocenters. The fourth-order valence-electron chi connectivity index (χ4n) is 4.81. The maximum Gasteiger partial charge on any atom is 0.323 e. The van der Waals surface area contributed by atoms with Gasteiger partial charge in [0, 0.05) is 22.0 Å². The van der Waals surface area contributed by atoms with Gasteiger partial charge in [0.25, 0.3) is 5.91 Å². The average Bonchev–Trinajstić information content (AvgIpc) is 2.94. The zero-order chi connectivity index (χ0) is 23.7. The molecule has 0 unspecified atom stereocenters. The number of anilines is 2. The van der Waals surface area contributed by atoms with E-state index in [-0.39, 0.29) is 18.0 Å². The lowest BCUT2D eigenvalue weighted by molar-refractivity contribution is -0.140. The van der Waals surface area contributed by atoms with Gasteiger partial charge in [0.1, 0.15) is 5.75 Å². The monoisotopic (exact) mass is 475 g/mol. The number of nitrogens with one attached hydrogen (secondary N) is 2. The number of fused-ring (bicyclic) bond motifs is 2. The molecule has 5 rings (SSSR count). The van der Waals surface area contributed by atoms with Gasteiger partial charge in [0.15, 0.2) is 6.10 Å². The molecule has 3 amide bonds. The van der Waals surface area contributed by atoms with E-state index in [2.05, 4.69) is 28.8 Å². The van der Waals surface area contributed by atoms with Crippen LogP contribution in [0.5, 0.6) is 5.75 Å². The first kappa shape index (κ1) is 22.3. The second-order valence-electron chi connectivity index (χ2n) is 8.75. The normalized spacial score (nSPS) is 19.4. The van der Waals surface area contributed by atoms with Gasteiger partial charge in [-0.15, -0.1) is 0 Å². The van der Waals surface area contributed by atoms with Crippen LogP contribution in [0.3, 0.4) is 0 Å². The highest BCUT2D eigenvalue weighted by Crippen LogP contribution is 2.38. The Morgan fingerprint density at radius 1 is 1.00 bits per heavy atom. The number of ether oxygens (including phenoxy) is 1. The van der Waals surface area contributed by atoms with Crippen LogP contribution >= 0.6 is 11.6 Å². The first-order valence-corrected chi connectivity index (χ1v) is 11.9. The minimum absolute atomic E-state index is 0.0113. The van der Waals surface area contributed by atoms with E-state index >= 15 is 0 Å². The van der Waals surface area contributed by atoms with Crippen LogP contribution in [0.4, 0.5) is 16.2 Å². The molecule has 2 N–H and O–H groups in total. The molecule has 1 aliphatic carbocycles. The summed E-state index contributed by atoms with van der Waals surface area (Å²) in [4.78, 5) is 27.8. The Morgan fingerprint density at radius 3 is 2.62 bits per heavy atom. The molecule has 0 radical (unpaired) electrons. The average molecular weight is 476 g/mol. The molecule has 1 heterocycles. The zero-order valence-corrected chi connectivity index (χ0v) is 19.6. The quantitative estimate of drug-likeness (QED) is 0.475. The van der Waals surface area contributed by atoms with Gasteiger partial charge in [-0.25, -0.2) is 4.79 Å². The molecule has 0 bridgehead atoms. The van der Waals surface area contributed by atoms with E-state index < -0.39 is 6.10 Å². The van der Waals surface area contributed by atoms with Crippen molar-refractivity contribution in [2.24, 2.45) is 0 Å². The van der Waals surface area contributed by atoms with Crippen LogP contribution in [0.15, 0.2) is 66.7 Å². The van der Waals surface area contributed by atoms with E-state index in [4.69, 9.17) is 16.3 Å². The third kappa shape index (κ3) is 4.59. The highest BCUT2D eigenvalue weighted by Gasteiger charge is 2.35. The van der Waals surface area contributed by atoms with Crippen molar-refractivity contribution in [3.63, 3.8) is 0 Å². The van der Waals surface area contributed by atoms with Gasteiger partial charge < -0.3 is 20.3 Å². The fraction of sp³-hybridized carbons (Fsp3) is 0.259. The summed E-state index contributed by atoms with van der Waals surface area (Å²) in [7, 11) is 0. The summed E-state index contributed by atoms with van der Waals surface area (Å²) in [5.74, 6) is 0.638. The van der Waals surface area contributed by atoms with Gasteiger partial charge in [0.05, 0.1) is 12.6 Å². The second kappa shape index (κ2) is 9.39. The Bertz CT molecular complexity index is 1250. The number of amides is 3. The molecule has 0 saturated heterocycles. The number of carbonyl (C=O) groups is 2. The molecule has 0 aromatic heterocycles. The molecule has 0 spiro atoms. The van der Waals surface area contributed by atoms with Crippen molar-refractivity contribution in [1.82, 2.24) is 4.90 Å². The fourth-order valence-corrected chi connectivity index (χ4v) is 5.00. The summed E-state index contributed by atoms with van der Waals surface area (Å²) in [6, 6.07) is 20.4. The SMILES string of the molecule is C[C@@H]1Oc2ccc(NC(=O)Nc3cccc(Cl)c3)cc2CN([C@H]2CCCc3ccccc32)C1=O. The summed E-state index contributed by atoms with van der Waals surface area (Å²) in [5.41, 5.74) is 4.60. The Balaban J connectivity index is 1.39. The van der Waals surface area contributed by atoms with E-state index in [9.17, 15) is 9.59 Å². The van der Waals surface area contributed by atoms with E-state index in [1.165, 1.54) is 11.1 Å². The predicted molar refractivity (Wildman–Crippen MR) is 133 cm³/mol. The number of benzene rings is 3. The molecule has 34 heavy (non-hydrogen) atoms. The molecule has 174 valence electrons. The number of halogens is 1. The lowest BCUT2D eigenvalue weighted by atomic mass is 9.86. The topological polar surface area (TPSA) is 70.7 Å². The second-order valence-corrected chi connectivity index (χ2v) is 9.18. The molecular weight excluding hydrogens is 450 g/mol. The number of hydrogen-bond acceptors (Lipinski definition) is 3. The van der Waals surface area contributed by atoms with Gasteiger partial charge in [-0.1, -0.05) is 41.9 Å². The molecule has 3 aromatic carbocycles. The van der Waals surface area contributed by atoms with E-state index in [0.29, 0.717) is 28.7 Å². The van der Waals surface area contributed by atoms with Crippen molar-refractivity contribution in [3.8, 4) is 5.75 Å². The van der Waals surface area contributed by atoms with Gasteiger partial charge in [-0.3, -0.25) is 4.79 Å². The number of aryl methyl sites for hydroxylation is 1. The minimum atomic E-state index is -0.583. The van der Waals surface area contributed by atoms with Crippen molar-refractivity contribution in [3.05, 3.63) is 88.4 Å². The maximum absolute atomic E-state index is 13.3. The Morgan fingerprint density at radius 2 is 1.79 bits per heavy atom. The summed E-state index contributed by atoms with van der Waals surface area (Å²) in [6.07, 6.45) is 2.41. The van der Waals surface area contributed by atoms with Gasteiger partial charge in [-0.2, -0.15) is 0 Å². The maximum atomic E-state index is 13.3. The van der Waals surface area contributed by atoms with Crippen LogP contribution in [0.1, 0.15) is 42.5 Å². The minimum Gasteiger partial charge on any atom is -0.481 e.